The first kappa shape index (κ1) is 16.8. The van der Waals surface area contributed by atoms with Gasteiger partial charge in [0.05, 0.1) is 0 Å². The molecule has 0 atom stereocenters. The van der Waals surface area contributed by atoms with Crippen LogP contribution in [0.4, 0.5) is 0 Å². The summed E-state index contributed by atoms with van der Waals surface area (Å²) in [6.45, 7) is 5.90. The summed E-state index contributed by atoms with van der Waals surface area (Å²) in [5, 5.41) is 0. The van der Waals surface area contributed by atoms with E-state index < -0.39 is 0 Å². The number of hydrogen-bond donors (Lipinski definition) is 0. The van der Waals surface area contributed by atoms with Crippen molar-refractivity contribution in [3.8, 4) is 0 Å². The molecule has 1 aliphatic heterocycles. The Hall–Kier alpha value is -1.61. The molecule has 1 aromatic carbocycles. The standard InChI is InChI=1S/C19H28N2O/c1-3-7-19(22)21(15-12-17-8-5-4-6-9-17)16-18-10-13-20(2)14-11-18/h3-9,18H,10-16H2,1-2H3. The predicted molar refractivity (Wildman–Crippen MR) is 91.8 cm³/mol. The van der Waals surface area contributed by atoms with E-state index in [2.05, 4.69) is 36.2 Å². The average Bonchev–Trinajstić information content (AvgIpc) is 2.54. The van der Waals surface area contributed by atoms with Gasteiger partial charge >= 0.3 is 0 Å². The van der Waals surface area contributed by atoms with Crippen LogP contribution < -0.4 is 0 Å². The molecule has 1 aromatic rings. The Morgan fingerprint density at radius 2 is 1.95 bits per heavy atom. The summed E-state index contributed by atoms with van der Waals surface area (Å²) >= 11 is 0. The Morgan fingerprint density at radius 3 is 2.59 bits per heavy atom. The van der Waals surface area contributed by atoms with E-state index in [9.17, 15) is 4.79 Å². The van der Waals surface area contributed by atoms with Gasteiger partial charge in [0.2, 0.25) is 5.91 Å². The fourth-order valence-corrected chi connectivity index (χ4v) is 3.00. The summed E-state index contributed by atoms with van der Waals surface area (Å²) < 4.78 is 0. The lowest BCUT2D eigenvalue weighted by atomic mass is 9.96. The van der Waals surface area contributed by atoms with Crippen molar-refractivity contribution in [1.29, 1.82) is 0 Å². The number of benzene rings is 1. The molecule has 0 N–H and O–H groups in total. The van der Waals surface area contributed by atoms with Crippen LogP contribution in [0.1, 0.15) is 25.3 Å². The fourth-order valence-electron chi connectivity index (χ4n) is 3.00. The number of amides is 1. The zero-order valence-electron chi connectivity index (χ0n) is 13.9. The van der Waals surface area contributed by atoms with E-state index in [0.717, 1.165) is 32.6 Å². The van der Waals surface area contributed by atoms with Crippen molar-refractivity contribution in [2.45, 2.75) is 26.2 Å². The minimum absolute atomic E-state index is 0.150. The Kier molecular flexibility index (Phi) is 6.66. The number of likely N-dealkylation sites (tertiary alicyclic amines) is 1. The first-order valence-electron chi connectivity index (χ1n) is 8.33. The lowest BCUT2D eigenvalue weighted by Gasteiger charge is -2.33. The summed E-state index contributed by atoms with van der Waals surface area (Å²) in [4.78, 5) is 16.7. The molecule has 0 aromatic heterocycles. The normalized spacial score (nSPS) is 17.0. The van der Waals surface area contributed by atoms with Crippen LogP contribution >= 0.6 is 0 Å². The molecule has 1 amide bonds. The molecule has 1 heterocycles. The van der Waals surface area contributed by atoms with E-state index in [0.29, 0.717) is 5.92 Å². The van der Waals surface area contributed by atoms with E-state index in [1.54, 1.807) is 6.08 Å². The highest BCUT2D eigenvalue weighted by Gasteiger charge is 2.21. The third-order valence-electron chi connectivity index (χ3n) is 4.45. The first-order valence-corrected chi connectivity index (χ1v) is 8.33. The topological polar surface area (TPSA) is 23.6 Å². The smallest absolute Gasteiger partial charge is 0.246 e. The van der Waals surface area contributed by atoms with E-state index in [-0.39, 0.29) is 5.91 Å². The van der Waals surface area contributed by atoms with Crippen molar-refractivity contribution in [2.24, 2.45) is 5.92 Å². The summed E-state index contributed by atoms with van der Waals surface area (Å²) in [6.07, 6.45) is 6.85. The van der Waals surface area contributed by atoms with Crippen molar-refractivity contribution in [3.05, 3.63) is 48.0 Å². The quantitative estimate of drug-likeness (QED) is 0.754. The van der Waals surface area contributed by atoms with Gasteiger partial charge in [-0.2, -0.15) is 0 Å². The predicted octanol–water partition coefficient (Wildman–Crippen LogP) is 2.98. The minimum atomic E-state index is 0.150. The molecular formula is C19H28N2O. The van der Waals surface area contributed by atoms with Crippen molar-refractivity contribution in [3.63, 3.8) is 0 Å². The van der Waals surface area contributed by atoms with Gasteiger partial charge in [-0.25, -0.2) is 0 Å². The number of hydrogen-bond acceptors (Lipinski definition) is 2. The monoisotopic (exact) mass is 300 g/mol. The molecule has 0 bridgehead atoms. The highest BCUT2D eigenvalue weighted by molar-refractivity contribution is 5.87. The molecule has 3 heteroatoms. The lowest BCUT2D eigenvalue weighted by Crippen LogP contribution is -2.40. The highest BCUT2D eigenvalue weighted by Crippen LogP contribution is 2.18. The van der Waals surface area contributed by atoms with Crippen LogP contribution in [0.5, 0.6) is 0 Å². The van der Waals surface area contributed by atoms with Crippen LogP contribution in [0.2, 0.25) is 0 Å². The van der Waals surface area contributed by atoms with Gasteiger partial charge in [-0.3, -0.25) is 4.79 Å². The minimum Gasteiger partial charge on any atom is -0.339 e. The first-order chi connectivity index (χ1) is 10.7. The van der Waals surface area contributed by atoms with Crippen LogP contribution in [0.15, 0.2) is 42.5 Å². The van der Waals surface area contributed by atoms with Crippen LogP contribution in [0, 0.1) is 5.92 Å². The molecule has 0 radical (unpaired) electrons. The van der Waals surface area contributed by atoms with Gasteiger partial charge in [0, 0.05) is 13.1 Å². The van der Waals surface area contributed by atoms with Crippen LogP contribution in [-0.2, 0) is 11.2 Å². The summed E-state index contributed by atoms with van der Waals surface area (Å²) in [7, 11) is 2.17. The Bertz CT molecular complexity index is 475. The molecule has 1 fully saturated rings. The number of carbonyl (C=O) groups excluding carboxylic acids is 1. The molecule has 0 saturated carbocycles. The lowest BCUT2D eigenvalue weighted by molar-refractivity contribution is -0.126. The molecule has 0 unspecified atom stereocenters. The Balaban J connectivity index is 1.92. The second-order valence-corrected chi connectivity index (χ2v) is 6.27. The number of piperidine rings is 1. The second kappa shape index (κ2) is 8.74. The molecule has 22 heavy (non-hydrogen) atoms. The van der Waals surface area contributed by atoms with Gasteiger partial charge < -0.3 is 9.80 Å². The second-order valence-electron chi connectivity index (χ2n) is 6.27. The highest BCUT2D eigenvalue weighted by atomic mass is 16.2. The number of nitrogens with zero attached hydrogens (tertiary/aromatic N) is 2. The van der Waals surface area contributed by atoms with E-state index >= 15 is 0 Å². The zero-order valence-corrected chi connectivity index (χ0v) is 13.9. The number of allylic oxidation sites excluding steroid dienone is 1. The van der Waals surface area contributed by atoms with Gasteiger partial charge in [0.1, 0.15) is 0 Å². The SMILES string of the molecule is CC=CC(=O)N(CCc1ccccc1)CC1CCN(C)CC1. The third kappa shape index (κ3) is 5.30. The van der Waals surface area contributed by atoms with Crippen molar-refractivity contribution in [1.82, 2.24) is 9.80 Å². The molecule has 0 spiro atoms. The molecule has 1 aliphatic rings. The van der Waals surface area contributed by atoms with E-state index in [1.165, 1.54) is 18.4 Å². The summed E-state index contributed by atoms with van der Waals surface area (Å²) in [6, 6.07) is 10.4. The average molecular weight is 300 g/mol. The maximum absolute atomic E-state index is 12.3. The third-order valence-corrected chi connectivity index (χ3v) is 4.45. The molecule has 3 nitrogen and oxygen atoms in total. The number of rotatable bonds is 6. The van der Waals surface area contributed by atoms with Gasteiger partial charge in [-0.1, -0.05) is 36.4 Å². The molecule has 0 aliphatic carbocycles. The fraction of sp³-hybridized carbons (Fsp3) is 0.526. The molecule has 1 saturated heterocycles. The molecule has 120 valence electrons. The van der Waals surface area contributed by atoms with Gasteiger partial charge in [-0.15, -0.1) is 0 Å². The van der Waals surface area contributed by atoms with E-state index in [1.807, 2.05) is 24.0 Å². The van der Waals surface area contributed by atoms with E-state index in [4.69, 9.17) is 0 Å². The Morgan fingerprint density at radius 1 is 1.27 bits per heavy atom. The van der Waals surface area contributed by atoms with Gasteiger partial charge in [-0.05, 0) is 63.9 Å². The summed E-state index contributed by atoms with van der Waals surface area (Å²) in [5.74, 6) is 0.790. The maximum Gasteiger partial charge on any atom is 0.246 e. The molecular weight excluding hydrogens is 272 g/mol. The number of carbonyl (C=O) groups is 1. The Labute approximate surface area is 134 Å². The van der Waals surface area contributed by atoms with Crippen molar-refractivity contribution in [2.75, 3.05) is 33.2 Å². The van der Waals surface area contributed by atoms with Crippen molar-refractivity contribution >= 4 is 5.91 Å². The van der Waals surface area contributed by atoms with Crippen LogP contribution in [-0.4, -0.2) is 48.9 Å². The van der Waals surface area contributed by atoms with Crippen LogP contribution in [0.3, 0.4) is 0 Å². The van der Waals surface area contributed by atoms with Crippen molar-refractivity contribution < 1.29 is 4.79 Å². The summed E-state index contributed by atoms with van der Waals surface area (Å²) in [5.41, 5.74) is 1.30. The maximum atomic E-state index is 12.3. The van der Waals surface area contributed by atoms with Crippen LogP contribution in [0.25, 0.3) is 0 Å². The van der Waals surface area contributed by atoms with Gasteiger partial charge in [0.25, 0.3) is 0 Å². The van der Waals surface area contributed by atoms with Gasteiger partial charge in [0.15, 0.2) is 0 Å². The largest absolute Gasteiger partial charge is 0.339 e. The molecule has 2 rings (SSSR count). The zero-order chi connectivity index (χ0) is 15.8.